The number of aromatic nitrogens is 3. The number of carbonyl (C=O) groups is 1. The highest BCUT2D eigenvalue weighted by Crippen LogP contribution is 2.18. The van der Waals surface area contributed by atoms with Gasteiger partial charge in [-0.25, -0.2) is 5.84 Å². The molecule has 1 heterocycles. The number of nitrogen functional groups attached to an aromatic ring is 1. The van der Waals surface area contributed by atoms with Crippen molar-refractivity contribution in [2.24, 2.45) is 5.84 Å². The number of nitrogens with one attached hydrogen (secondary N) is 3. The van der Waals surface area contributed by atoms with E-state index in [1.54, 1.807) is 4.90 Å². The van der Waals surface area contributed by atoms with Crippen LogP contribution in [0.1, 0.15) is 25.7 Å². The third kappa shape index (κ3) is 5.03. The molecular weight excluding hydrogens is 272 g/mol. The molecule has 0 unspecified atom stereocenters. The lowest BCUT2D eigenvalue weighted by atomic mass is 10.3. The molecule has 1 aliphatic rings. The molecule has 5 N–H and O–H groups in total. The lowest BCUT2D eigenvalue weighted by Crippen LogP contribution is -2.25. The summed E-state index contributed by atoms with van der Waals surface area (Å²) in [7, 11) is 3.67. The van der Waals surface area contributed by atoms with Crippen molar-refractivity contribution in [3.05, 3.63) is 0 Å². The highest BCUT2D eigenvalue weighted by Gasteiger charge is 2.22. The summed E-state index contributed by atoms with van der Waals surface area (Å²) in [5, 5.41) is 6.03. The van der Waals surface area contributed by atoms with Crippen LogP contribution >= 0.6 is 0 Å². The SMILES string of the molecule is CN(C)c1nc(NN)nc(NCCCC(=O)NC2CC2)n1. The Morgan fingerprint density at radius 3 is 2.62 bits per heavy atom. The highest BCUT2D eigenvalue weighted by molar-refractivity contribution is 5.76. The van der Waals surface area contributed by atoms with Crippen LogP contribution < -0.4 is 26.8 Å². The van der Waals surface area contributed by atoms with Gasteiger partial charge in [-0.2, -0.15) is 15.0 Å². The maximum atomic E-state index is 11.5. The second-order valence-corrected chi connectivity index (χ2v) is 5.19. The highest BCUT2D eigenvalue weighted by atomic mass is 16.1. The summed E-state index contributed by atoms with van der Waals surface area (Å²) < 4.78 is 0. The lowest BCUT2D eigenvalue weighted by Gasteiger charge is -2.13. The summed E-state index contributed by atoms with van der Waals surface area (Å²) in [5.41, 5.74) is 2.41. The molecule has 21 heavy (non-hydrogen) atoms. The maximum absolute atomic E-state index is 11.5. The fourth-order valence-electron chi connectivity index (χ4n) is 1.69. The van der Waals surface area contributed by atoms with Gasteiger partial charge in [-0.15, -0.1) is 0 Å². The molecule has 1 saturated carbocycles. The Morgan fingerprint density at radius 1 is 1.29 bits per heavy atom. The van der Waals surface area contributed by atoms with Gasteiger partial charge in [-0.3, -0.25) is 10.2 Å². The van der Waals surface area contributed by atoms with Gasteiger partial charge in [0.15, 0.2) is 0 Å². The summed E-state index contributed by atoms with van der Waals surface area (Å²) in [4.78, 5) is 25.8. The molecule has 0 aromatic carbocycles. The zero-order chi connectivity index (χ0) is 15.2. The van der Waals surface area contributed by atoms with Gasteiger partial charge in [0.25, 0.3) is 0 Å². The van der Waals surface area contributed by atoms with Crippen molar-refractivity contribution in [2.75, 3.05) is 36.3 Å². The summed E-state index contributed by atoms with van der Waals surface area (Å²) >= 11 is 0. The van der Waals surface area contributed by atoms with E-state index in [0.29, 0.717) is 43.3 Å². The smallest absolute Gasteiger partial charge is 0.243 e. The Morgan fingerprint density at radius 2 is 2.00 bits per heavy atom. The van der Waals surface area contributed by atoms with E-state index in [9.17, 15) is 4.79 Å². The Labute approximate surface area is 123 Å². The van der Waals surface area contributed by atoms with Gasteiger partial charge >= 0.3 is 0 Å². The number of hydrogen-bond acceptors (Lipinski definition) is 8. The fraction of sp³-hybridized carbons (Fsp3) is 0.667. The van der Waals surface area contributed by atoms with Crippen molar-refractivity contribution in [1.29, 1.82) is 0 Å². The second kappa shape index (κ2) is 7.02. The van der Waals surface area contributed by atoms with Crippen molar-refractivity contribution in [1.82, 2.24) is 20.3 Å². The molecular formula is C12H22N8O. The minimum atomic E-state index is 0.105. The Bertz CT molecular complexity index is 488. The van der Waals surface area contributed by atoms with E-state index < -0.39 is 0 Å². The van der Waals surface area contributed by atoms with Gasteiger partial charge in [0.1, 0.15) is 0 Å². The van der Waals surface area contributed by atoms with Crippen LogP contribution in [0.3, 0.4) is 0 Å². The summed E-state index contributed by atoms with van der Waals surface area (Å²) in [6, 6.07) is 0.412. The number of nitrogens with zero attached hydrogens (tertiary/aromatic N) is 4. The van der Waals surface area contributed by atoms with Crippen LogP contribution in [-0.2, 0) is 4.79 Å². The minimum Gasteiger partial charge on any atom is -0.354 e. The van der Waals surface area contributed by atoms with Crippen molar-refractivity contribution < 1.29 is 4.79 Å². The minimum absolute atomic E-state index is 0.105. The Balaban J connectivity index is 1.78. The van der Waals surface area contributed by atoms with Crippen LogP contribution in [0.15, 0.2) is 0 Å². The quantitative estimate of drug-likeness (QED) is 0.293. The normalized spacial score (nSPS) is 13.7. The number of carbonyl (C=O) groups excluding carboxylic acids is 1. The van der Waals surface area contributed by atoms with E-state index in [2.05, 4.69) is 31.0 Å². The first-order valence-corrected chi connectivity index (χ1v) is 7.01. The first-order valence-electron chi connectivity index (χ1n) is 7.01. The van der Waals surface area contributed by atoms with Gasteiger partial charge in [0.05, 0.1) is 0 Å². The summed E-state index contributed by atoms with van der Waals surface area (Å²) in [5.74, 6) is 6.67. The van der Waals surface area contributed by atoms with Crippen molar-refractivity contribution in [3.63, 3.8) is 0 Å². The molecule has 0 spiro atoms. The van der Waals surface area contributed by atoms with Crippen LogP contribution in [0.5, 0.6) is 0 Å². The van der Waals surface area contributed by atoms with E-state index >= 15 is 0 Å². The molecule has 1 aliphatic carbocycles. The standard InChI is InChI=1S/C12H22N8O/c1-20(2)12-17-10(16-11(18-12)19-13)14-7-3-4-9(21)15-8-5-6-8/h8H,3-7,13H2,1-2H3,(H,15,21)(H2,14,16,17,18,19). The summed E-state index contributed by atoms with van der Waals surface area (Å²) in [6.07, 6.45) is 3.43. The third-order valence-corrected chi connectivity index (χ3v) is 2.96. The first kappa shape index (κ1) is 15.2. The van der Waals surface area contributed by atoms with E-state index in [1.165, 1.54) is 0 Å². The predicted molar refractivity (Wildman–Crippen MR) is 80.9 cm³/mol. The van der Waals surface area contributed by atoms with Gasteiger partial charge in [-0.1, -0.05) is 0 Å². The van der Waals surface area contributed by atoms with E-state index in [4.69, 9.17) is 5.84 Å². The van der Waals surface area contributed by atoms with Crippen molar-refractivity contribution in [2.45, 2.75) is 31.7 Å². The Kier molecular flexibility index (Phi) is 5.09. The average molecular weight is 294 g/mol. The van der Waals surface area contributed by atoms with Gasteiger partial charge in [0, 0.05) is 33.1 Å². The van der Waals surface area contributed by atoms with Crippen LogP contribution in [0.2, 0.25) is 0 Å². The molecule has 2 rings (SSSR count). The third-order valence-electron chi connectivity index (χ3n) is 2.96. The monoisotopic (exact) mass is 294 g/mol. The van der Waals surface area contributed by atoms with Crippen LogP contribution in [0.4, 0.5) is 17.8 Å². The molecule has 0 aliphatic heterocycles. The molecule has 116 valence electrons. The molecule has 0 atom stereocenters. The van der Waals surface area contributed by atoms with Crippen LogP contribution in [0, 0.1) is 0 Å². The zero-order valence-corrected chi connectivity index (χ0v) is 12.4. The molecule has 0 saturated heterocycles. The number of rotatable bonds is 8. The van der Waals surface area contributed by atoms with Crippen molar-refractivity contribution >= 4 is 23.8 Å². The van der Waals surface area contributed by atoms with Crippen LogP contribution in [0.25, 0.3) is 0 Å². The molecule has 1 fully saturated rings. The molecule has 0 radical (unpaired) electrons. The first-order chi connectivity index (χ1) is 10.1. The number of hydrogen-bond donors (Lipinski definition) is 4. The van der Waals surface area contributed by atoms with Gasteiger partial charge in [-0.05, 0) is 19.3 Å². The van der Waals surface area contributed by atoms with Gasteiger partial charge in [0.2, 0.25) is 23.8 Å². The number of anilines is 3. The lowest BCUT2D eigenvalue weighted by molar-refractivity contribution is -0.121. The summed E-state index contributed by atoms with van der Waals surface area (Å²) in [6.45, 7) is 0.610. The van der Waals surface area contributed by atoms with Crippen molar-refractivity contribution in [3.8, 4) is 0 Å². The average Bonchev–Trinajstić information content (AvgIpc) is 3.27. The fourth-order valence-corrected chi connectivity index (χ4v) is 1.69. The molecule has 9 heteroatoms. The van der Waals surface area contributed by atoms with E-state index in [1.807, 2.05) is 14.1 Å². The Hall–Kier alpha value is -2.16. The molecule has 9 nitrogen and oxygen atoms in total. The topological polar surface area (TPSA) is 121 Å². The maximum Gasteiger partial charge on any atom is 0.243 e. The zero-order valence-electron chi connectivity index (χ0n) is 12.4. The van der Waals surface area contributed by atoms with Gasteiger partial charge < -0.3 is 15.5 Å². The number of nitrogens with two attached hydrogens (primary N) is 1. The predicted octanol–water partition coefficient (Wildman–Crippen LogP) is -0.306. The van der Waals surface area contributed by atoms with E-state index in [-0.39, 0.29) is 5.91 Å². The molecule has 0 bridgehead atoms. The van der Waals surface area contributed by atoms with E-state index in [0.717, 1.165) is 12.8 Å². The number of hydrazine groups is 1. The molecule has 1 aromatic heterocycles. The molecule has 1 aromatic rings. The molecule has 1 amide bonds. The second-order valence-electron chi connectivity index (χ2n) is 5.19. The van der Waals surface area contributed by atoms with Crippen LogP contribution in [-0.4, -0.2) is 47.5 Å². The number of amides is 1. The largest absolute Gasteiger partial charge is 0.354 e.